The Morgan fingerprint density at radius 2 is 1.95 bits per heavy atom. The van der Waals surface area contributed by atoms with Crippen LogP contribution in [0, 0.1) is 11.8 Å². The van der Waals surface area contributed by atoms with E-state index in [2.05, 4.69) is 36.4 Å². The molecule has 3 nitrogen and oxygen atoms in total. The fourth-order valence-electron chi connectivity index (χ4n) is 3.03. The van der Waals surface area contributed by atoms with Gasteiger partial charge in [0.1, 0.15) is 0 Å². The summed E-state index contributed by atoms with van der Waals surface area (Å²) in [6.07, 6.45) is 0. The fraction of sp³-hybridized carbons (Fsp3) is 0.786. The third-order valence-corrected chi connectivity index (χ3v) is 5.36. The molecular formula is C14H24ClN3S. The Morgan fingerprint density at radius 1 is 1.32 bits per heavy atom. The molecule has 0 bridgehead atoms. The summed E-state index contributed by atoms with van der Waals surface area (Å²) in [5.74, 6) is 1.76. The maximum Gasteiger partial charge on any atom is 0.0982 e. The molecule has 0 unspecified atom stereocenters. The molecule has 1 aromatic heterocycles. The van der Waals surface area contributed by atoms with Gasteiger partial charge in [0.15, 0.2) is 0 Å². The molecule has 1 aromatic rings. The molecule has 1 N–H and O–H groups in total. The van der Waals surface area contributed by atoms with Gasteiger partial charge in [-0.05, 0) is 24.9 Å². The fourth-order valence-corrected chi connectivity index (χ4v) is 3.93. The van der Waals surface area contributed by atoms with E-state index in [4.69, 9.17) is 4.98 Å². The minimum Gasteiger partial charge on any atom is -0.316 e. The molecule has 0 aliphatic carbocycles. The lowest BCUT2D eigenvalue weighted by Crippen LogP contribution is -2.25. The van der Waals surface area contributed by atoms with Crippen molar-refractivity contribution in [1.29, 1.82) is 0 Å². The Hall–Kier alpha value is -0.160. The first kappa shape index (κ1) is 15.2. The number of rotatable bonds is 2. The van der Waals surface area contributed by atoms with Gasteiger partial charge in [0.25, 0.3) is 0 Å². The van der Waals surface area contributed by atoms with Crippen LogP contribution in [0.3, 0.4) is 0 Å². The maximum absolute atomic E-state index is 4.80. The Bertz CT molecular complexity index is 415. The lowest BCUT2D eigenvalue weighted by molar-refractivity contribution is 0.302. The van der Waals surface area contributed by atoms with E-state index < -0.39 is 0 Å². The number of hydrogen-bond acceptors (Lipinski definition) is 4. The predicted octanol–water partition coefficient (Wildman–Crippen LogP) is 2.51. The first-order valence-corrected chi connectivity index (χ1v) is 7.78. The van der Waals surface area contributed by atoms with Crippen LogP contribution in [0.1, 0.15) is 31.5 Å². The maximum atomic E-state index is 4.80. The van der Waals surface area contributed by atoms with Gasteiger partial charge >= 0.3 is 0 Å². The van der Waals surface area contributed by atoms with Gasteiger partial charge in [-0.15, -0.1) is 23.7 Å². The Kier molecular flexibility index (Phi) is 4.56. The third-order valence-electron chi connectivity index (χ3n) is 4.04. The summed E-state index contributed by atoms with van der Waals surface area (Å²) in [6, 6.07) is 0. The highest BCUT2D eigenvalue weighted by molar-refractivity contribution is 7.09. The molecule has 0 saturated carbocycles. The minimum absolute atomic E-state index is 0. The van der Waals surface area contributed by atoms with E-state index in [1.165, 1.54) is 36.9 Å². The number of likely N-dealkylation sites (tertiary alicyclic amines) is 1. The van der Waals surface area contributed by atoms with Gasteiger partial charge in [-0.3, -0.25) is 4.90 Å². The molecule has 0 amide bonds. The van der Waals surface area contributed by atoms with Crippen LogP contribution in [0.25, 0.3) is 0 Å². The summed E-state index contributed by atoms with van der Waals surface area (Å²) in [6.45, 7) is 12.7. The van der Waals surface area contributed by atoms with Crippen molar-refractivity contribution in [2.24, 2.45) is 11.8 Å². The van der Waals surface area contributed by atoms with Crippen LogP contribution in [-0.2, 0) is 12.0 Å². The molecule has 19 heavy (non-hydrogen) atoms. The number of halogens is 1. The normalized spacial score (nSPS) is 27.3. The molecule has 2 saturated heterocycles. The highest BCUT2D eigenvalue weighted by atomic mass is 35.5. The Morgan fingerprint density at radius 3 is 2.47 bits per heavy atom. The second-order valence-corrected chi connectivity index (χ2v) is 7.62. The highest BCUT2D eigenvalue weighted by Crippen LogP contribution is 2.29. The van der Waals surface area contributed by atoms with E-state index in [1.54, 1.807) is 0 Å². The lowest BCUT2D eigenvalue weighted by Gasteiger charge is -2.16. The number of nitrogens with one attached hydrogen (secondary N) is 1. The molecule has 0 aromatic carbocycles. The highest BCUT2D eigenvalue weighted by Gasteiger charge is 2.36. The van der Waals surface area contributed by atoms with Crippen molar-refractivity contribution in [3.05, 3.63) is 16.1 Å². The number of hydrogen-bond donors (Lipinski definition) is 1. The average Bonchev–Trinajstić information content (AvgIpc) is 2.90. The van der Waals surface area contributed by atoms with Gasteiger partial charge in [-0.1, -0.05) is 20.8 Å². The van der Waals surface area contributed by atoms with Crippen molar-refractivity contribution < 1.29 is 0 Å². The average molecular weight is 302 g/mol. The monoisotopic (exact) mass is 301 g/mol. The van der Waals surface area contributed by atoms with Crippen molar-refractivity contribution in [1.82, 2.24) is 15.2 Å². The van der Waals surface area contributed by atoms with Crippen LogP contribution in [0.5, 0.6) is 0 Å². The smallest absolute Gasteiger partial charge is 0.0982 e. The number of fused-ring (bicyclic) bond motifs is 1. The molecule has 0 radical (unpaired) electrons. The van der Waals surface area contributed by atoms with Gasteiger partial charge in [0, 0.05) is 30.4 Å². The molecule has 5 heteroatoms. The van der Waals surface area contributed by atoms with Crippen molar-refractivity contribution in [3.63, 3.8) is 0 Å². The zero-order chi connectivity index (χ0) is 12.8. The summed E-state index contributed by atoms with van der Waals surface area (Å²) in [4.78, 5) is 7.38. The predicted molar refractivity (Wildman–Crippen MR) is 83.2 cm³/mol. The first-order valence-electron chi connectivity index (χ1n) is 6.90. The summed E-state index contributed by atoms with van der Waals surface area (Å²) in [5.41, 5.74) is 1.45. The van der Waals surface area contributed by atoms with Crippen LogP contribution in [-0.4, -0.2) is 36.1 Å². The van der Waals surface area contributed by atoms with Crippen molar-refractivity contribution in [2.75, 3.05) is 26.2 Å². The quantitative estimate of drug-likeness (QED) is 0.910. The molecule has 3 heterocycles. The summed E-state index contributed by atoms with van der Waals surface area (Å²) in [7, 11) is 0. The van der Waals surface area contributed by atoms with Crippen molar-refractivity contribution in [2.45, 2.75) is 32.7 Å². The van der Waals surface area contributed by atoms with Crippen LogP contribution in [0.4, 0.5) is 0 Å². The van der Waals surface area contributed by atoms with E-state index in [0.29, 0.717) is 0 Å². The summed E-state index contributed by atoms with van der Waals surface area (Å²) >= 11 is 1.81. The number of nitrogens with zero attached hydrogens (tertiary/aromatic N) is 2. The molecule has 2 aliphatic heterocycles. The molecule has 2 fully saturated rings. The molecule has 108 valence electrons. The van der Waals surface area contributed by atoms with Crippen molar-refractivity contribution in [3.8, 4) is 0 Å². The zero-order valence-corrected chi connectivity index (χ0v) is 13.6. The summed E-state index contributed by atoms with van der Waals surface area (Å²) in [5, 5.41) is 7.00. The van der Waals surface area contributed by atoms with Crippen LogP contribution in [0.2, 0.25) is 0 Å². The van der Waals surface area contributed by atoms with Gasteiger partial charge in [-0.2, -0.15) is 0 Å². The van der Waals surface area contributed by atoms with Crippen molar-refractivity contribution >= 4 is 23.7 Å². The molecule has 2 aliphatic rings. The molecular weight excluding hydrogens is 278 g/mol. The van der Waals surface area contributed by atoms with Gasteiger partial charge in [0.05, 0.1) is 10.7 Å². The van der Waals surface area contributed by atoms with Crippen LogP contribution in [0.15, 0.2) is 5.38 Å². The molecule has 0 spiro atoms. The summed E-state index contributed by atoms with van der Waals surface area (Å²) < 4.78 is 0. The van der Waals surface area contributed by atoms with E-state index >= 15 is 0 Å². The molecule has 3 rings (SSSR count). The van der Waals surface area contributed by atoms with E-state index in [9.17, 15) is 0 Å². The third kappa shape index (κ3) is 3.30. The Balaban J connectivity index is 0.00000133. The largest absolute Gasteiger partial charge is 0.316 e. The van der Waals surface area contributed by atoms with E-state index in [-0.39, 0.29) is 17.8 Å². The van der Waals surface area contributed by atoms with Crippen LogP contribution < -0.4 is 5.32 Å². The topological polar surface area (TPSA) is 28.2 Å². The minimum atomic E-state index is 0. The van der Waals surface area contributed by atoms with Crippen LogP contribution >= 0.6 is 23.7 Å². The second kappa shape index (κ2) is 5.68. The number of thiazole rings is 1. The van der Waals surface area contributed by atoms with Gasteiger partial charge < -0.3 is 5.32 Å². The van der Waals surface area contributed by atoms with E-state index in [1.807, 2.05) is 11.3 Å². The molecule has 2 atom stereocenters. The zero-order valence-electron chi connectivity index (χ0n) is 12.0. The lowest BCUT2D eigenvalue weighted by atomic mass is 9.98. The second-order valence-electron chi connectivity index (χ2n) is 6.77. The van der Waals surface area contributed by atoms with Gasteiger partial charge in [-0.25, -0.2) is 4.98 Å². The number of aromatic nitrogens is 1. The standard InChI is InChI=1S/C14H23N3S.ClH/c1-14(2,3)13-16-12(9-18-13)8-17-6-10-4-15-5-11(10)7-17;/h9-11,15H,4-8H2,1-3H3;1H/t10-,11+;. The first-order chi connectivity index (χ1) is 8.52. The Labute approximate surface area is 126 Å². The SMILES string of the molecule is CC(C)(C)c1nc(CN2C[C@H]3CNC[C@H]3C2)cs1.Cl. The van der Waals surface area contributed by atoms with Gasteiger partial charge in [0.2, 0.25) is 0 Å². The van der Waals surface area contributed by atoms with E-state index in [0.717, 1.165) is 18.4 Å².